The molecule has 0 atom stereocenters. The van der Waals surface area contributed by atoms with Crippen LogP contribution in [0.15, 0.2) is 193 Å². The van der Waals surface area contributed by atoms with Crippen molar-refractivity contribution in [1.29, 1.82) is 0 Å². The second-order valence-electron chi connectivity index (χ2n) is 13.2. The average Bonchev–Trinajstić information content (AvgIpc) is 3.87. The molecule has 2 N–H and O–H groups in total. The van der Waals surface area contributed by atoms with Gasteiger partial charge in [-0.1, -0.05) is 133 Å². The highest BCUT2D eigenvalue weighted by Crippen LogP contribution is 2.41. The first-order valence-electron chi connectivity index (χ1n) is 17.8. The first-order chi connectivity index (χ1) is 26.2. The highest BCUT2D eigenvalue weighted by Gasteiger charge is 2.25. The van der Waals surface area contributed by atoms with Crippen molar-refractivity contribution in [2.75, 3.05) is 0 Å². The van der Waals surface area contributed by atoms with Gasteiger partial charge in [0.1, 0.15) is 18.0 Å². The van der Waals surface area contributed by atoms with Crippen LogP contribution < -0.4 is 5.73 Å². The fourth-order valence-corrected chi connectivity index (χ4v) is 7.74. The number of para-hydroxylation sites is 3. The van der Waals surface area contributed by atoms with Crippen molar-refractivity contribution >= 4 is 55.3 Å². The maximum Gasteiger partial charge on any atom is 0.165 e. The third-order valence-corrected chi connectivity index (χ3v) is 10.2. The third kappa shape index (κ3) is 5.03. The molecule has 0 fully saturated rings. The zero-order valence-electron chi connectivity index (χ0n) is 28.8. The summed E-state index contributed by atoms with van der Waals surface area (Å²) in [5.74, 6) is 0.896. The number of aromatic nitrogens is 4. The van der Waals surface area contributed by atoms with Gasteiger partial charge in [-0.25, -0.2) is 4.98 Å². The van der Waals surface area contributed by atoms with E-state index in [0.717, 1.165) is 72.7 Å². The van der Waals surface area contributed by atoms with E-state index in [1.54, 1.807) is 0 Å². The largest absolute Gasteiger partial charge is 0.398 e. The molecule has 6 aromatic carbocycles. The van der Waals surface area contributed by atoms with Crippen molar-refractivity contribution in [2.24, 2.45) is 10.7 Å². The van der Waals surface area contributed by atoms with E-state index in [1.807, 2.05) is 54.6 Å². The Labute approximate surface area is 306 Å². The minimum atomic E-state index is 0.421. The van der Waals surface area contributed by atoms with Crippen LogP contribution in [0.5, 0.6) is 0 Å². The summed E-state index contributed by atoms with van der Waals surface area (Å²) < 4.78 is 6.95. The highest BCUT2D eigenvalue weighted by molar-refractivity contribution is 6.18. The number of rotatable bonds is 6. The number of fused-ring (bicyclic) bond motifs is 6. The summed E-state index contributed by atoms with van der Waals surface area (Å²) in [5.41, 5.74) is 18.7. The Morgan fingerprint density at radius 3 is 1.91 bits per heavy atom. The molecule has 0 bridgehead atoms. The zero-order valence-corrected chi connectivity index (χ0v) is 28.8. The number of imidazole rings is 1. The molecule has 0 radical (unpaired) electrons. The van der Waals surface area contributed by atoms with Crippen molar-refractivity contribution in [3.05, 3.63) is 193 Å². The summed E-state index contributed by atoms with van der Waals surface area (Å²) in [4.78, 5) is 10.7. The van der Waals surface area contributed by atoms with Crippen molar-refractivity contribution in [3.63, 3.8) is 0 Å². The van der Waals surface area contributed by atoms with E-state index >= 15 is 0 Å². The lowest BCUT2D eigenvalue weighted by atomic mass is 9.99. The van der Waals surface area contributed by atoms with Crippen LogP contribution in [0.2, 0.25) is 0 Å². The number of hydrogen-bond acceptors (Lipinski definition) is 3. The van der Waals surface area contributed by atoms with Crippen LogP contribution in [0.25, 0.3) is 72.3 Å². The van der Waals surface area contributed by atoms with Gasteiger partial charge in [-0.15, -0.1) is 0 Å². The van der Waals surface area contributed by atoms with Crippen LogP contribution in [0.3, 0.4) is 0 Å². The Hall–Kier alpha value is -7.18. The lowest BCUT2D eigenvalue weighted by Crippen LogP contribution is -2.10. The van der Waals surface area contributed by atoms with Gasteiger partial charge in [-0.05, 0) is 54.1 Å². The lowest BCUT2D eigenvalue weighted by Gasteiger charge is -2.13. The second kappa shape index (κ2) is 12.5. The number of benzene rings is 6. The Morgan fingerprint density at radius 1 is 0.566 bits per heavy atom. The zero-order chi connectivity index (χ0) is 35.3. The van der Waals surface area contributed by atoms with Crippen LogP contribution >= 0.6 is 0 Å². The van der Waals surface area contributed by atoms with E-state index in [-0.39, 0.29) is 0 Å². The maximum atomic E-state index is 6.76. The molecule has 6 heteroatoms. The summed E-state index contributed by atoms with van der Waals surface area (Å²) in [6.45, 7) is 0.421. The summed E-state index contributed by atoms with van der Waals surface area (Å²) in [6.07, 6.45) is 8.14. The normalized spacial score (nSPS) is 14.7. The molecule has 0 unspecified atom stereocenters. The summed E-state index contributed by atoms with van der Waals surface area (Å²) in [6, 6.07) is 54.9. The van der Waals surface area contributed by atoms with E-state index < -0.39 is 0 Å². The number of allylic oxidation sites excluding steroid dienone is 5. The fourth-order valence-electron chi connectivity index (χ4n) is 7.74. The molecule has 0 saturated carbocycles. The molecule has 53 heavy (non-hydrogen) atoms. The number of aliphatic imine (C=N–C) groups is 1. The molecule has 10 rings (SSSR count). The molecule has 6 nitrogen and oxygen atoms in total. The second-order valence-corrected chi connectivity index (χ2v) is 13.2. The van der Waals surface area contributed by atoms with E-state index in [9.17, 15) is 0 Å². The molecule has 0 aliphatic heterocycles. The Balaban J connectivity index is 1.26. The van der Waals surface area contributed by atoms with Gasteiger partial charge in [-0.2, -0.15) is 0 Å². The van der Waals surface area contributed by atoms with Crippen molar-refractivity contribution in [2.45, 2.75) is 6.67 Å². The molecule has 9 aromatic rings. The third-order valence-electron chi connectivity index (χ3n) is 10.2. The van der Waals surface area contributed by atoms with Gasteiger partial charge in [0, 0.05) is 44.4 Å². The maximum absolute atomic E-state index is 6.76. The summed E-state index contributed by atoms with van der Waals surface area (Å²) in [5, 5.41) is 3.46. The SMILES string of the molecule is N/C(=C1/C=CC=C/C1=N/Cn1c2ccccc2c2cc3c(cc21)c1c(nc(-c2ccccc2)n1-c1ccccc1)n3-c1ccccc1)c1ccccc1. The molecule has 1 aliphatic rings. The molecule has 0 saturated heterocycles. The number of hydrogen-bond donors (Lipinski definition) is 1. The van der Waals surface area contributed by atoms with E-state index in [1.165, 1.54) is 10.8 Å². The molecule has 252 valence electrons. The molecule has 1 aliphatic carbocycles. The van der Waals surface area contributed by atoms with Crippen molar-refractivity contribution < 1.29 is 0 Å². The van der Waals surface area contributed by atoms with Crippen LogP contribution in [-0.2, 0) is 6.67 Å². The molecule has 3 aromatic heterocycles. The van der Waals surface area contributed by atoms with Crippen molar-refractivity contribution in [3.8, 4) is 22.8 Å². The number of nitrogens with zero attached hydrogens (tertiary/aromatic N) is 5. The molecule has 3 heterocycles. The quantitative estimate of drug-likeness (QED) is 0.190. The Bertz CT molecular complexity index is 2940. The molecular weight excluding hydrogens is 649 g/mol. The Kier molecular flexibility index (Phi) is 7.25. The van der Waals surface area contributed by atoms with E-state index in [0.29, 0.717) is 12.4 Å². The van der Waals surface area contributed by atoms with Gasteiger partial charge in [0.05, 0.1) is 22.3 Å². The lowest BCUT2D eigenvalue weighted by molar-refractivity contribution is 0.794. The predicted octanol–water partition coefficient (Wildman–Crippen LogP) is 10.6. The molecular formula is C47H34N6. The monoisotopic (exact) mass is 682 g/mol. The van der Waals surface area contributed by atoms with Crippen LogP contribution in [-0.4, -0.2) is 24.4 Å². The minimum Gasteiger partial charge on any atom is -0.398 e. The van der Waals surface area contributed by atoms with Gasteiger partial charge in [-0.3, -0.25) is 14.1 Å². The fraction of sp³-hybridized carbons (Fsp3) is 0.0213. The predicted molar refractivity (Wildman–Crippen MR) is 220 cm³/mol. The first kappa shape index (κ1) is 30.6. The van der Waals surface area contributed by atoms with Gasteiger partial charge in [0.15, 0.2) is 5.65 Å². The van der Waals surface area contributed by atoms with Gasteiger partial charge < -0.3 is 10.3 Å². The summed E-state index contributed by atoms with van der Waals surface area (Å²) >= 11 is 0. The average molecular weight is 683 g/mol. The van der Waals surface area contributed by atoms with Crippen LogP contribution in [0.4, 0.5) is 0 Å². The molecule has 0 amide bonds. The Morgan fingerprint density at radius 2 is 1.17 bits per heavy atom. The molecule has 0 spiro atoms. The topological polar surface area (TPSA) is 66.1 Å². The smallest absolute Gasteiger partial charge is 0.165 e. The number of nitrogens with two attached hydrogens (primary N) is 1. The van der Waals surface area contributed by atoms with E-state index in [4.69, 9.17) is 15.7 Å². The van der Waals surface area contributed by atoms with Gasteiger partial charge in [0.25, 0.3) is 0 Å². The van der Waals surface area contributed by atoms with Crippen LogP contribution in [0.1, 0.15) is 5.56 Å². The highest BCUT2D eigenvalue weighted by atomic mass is 15.2. The van der Waals surface area contributed by atoms with Crippen molar-refractivity contribution in [1.82, 2.24) is 18.7 Å². The summed E-state index contributed by atoms with van der Waals surface area (Å²) in [7, 11) is 0. The minimum absolute atomic E-state index is 0.421. The van der Waals surface area contributed by atoms with Gasteiger partial charge in [0.2, 0.25) is 0 Å². The van der Waals surface area contributed by atoms with Crippen LogP contribution in [0, 0.1) is 0 Å². The first-order valence-corrected chi connectivity index (χ1v) is 17.8. The standard InChI is InChI=1S/C47H34N6/c48-44(32-17-5-1-6-18-32)37-26-13-15-27-40(37)49-31-51-41-28-16-14-25-36(41)38-29-43-39(30-42(38)51)45-47(52(43)34-21-9-3-10-22-34)50-46(33-19-7-2-8-20-33)53(45)35-23-11-4-12-24-35/h1-30H,31,48H2/b44-37-,49-40-. The van der Waals surface area contributed by atoms with Gasteiger partial charge >= 0.3 is 0 Å². The van der Waals surface area contributed by atoms with E-state index in [2.05, 4.69) is 141 Å².